The minimum atomic E-state index is -0.504. The molecule has 2 aromatic carbocycles. The zero-order valence-electron chi connectivity index (χ0n) is 16.4. The molecule has 31 heavy (non-hydrogen) atoms. The van der Waals surface area contributed by atoms with Crippen molar-refractivity contribution in [2.75, 3.05) is 15.5 Å². The first-order valence-corrected chi connectivity index (χ1v) is 9.54. The number of halogens is 1. The number of hydrogen-bond donors (Lipinski definition) is 2. The van der Waals surface area contributed by atoms with Crippen LogP contribution in [0.3, 0.4) is 0 Å². The normalized spacial score (nSPS) is 10.4. The van der Waals surface area contributed by atoms with Gasteiger partial charge in [0, 0.05) is 24.1 Å². The standard InChI is InChI=1S/C23H19FN6O/c24-22-11-6-17(13-28-22)12-27-18-7-9-19(10-8-18)29-23(31)30(20-4-2-1-3-5-20)21-14-25-16-26-15-21/h1-11,13-16,27H,12H2,(H,29,31). The van der Waals surface area contributed by atoms with E-state index in [-0.39, 0.29) is 6.03 Å². The molecular formula is C23H19FN6O. The summed E-state index contributed by atoms with van der Waals surface area (Å²) in [6, 6.07) is 19.2. The molecule has 0 aliphatic carbocycles. The van der Waals surface area contributed by atoms with Crippen molar-refractivity contribution in [2.45, 2.75) is 6.54 Å². The lowest BCUT2D eigenvalue weighted by atomic mass is 10.2. The molecule has 8 heteroatoms. The molecule has 4 rings (SSSR count). The molecule has 2 N–H and O–H groups in total. The second-order valence-corrected chi connectivity index (χ2v) is 6.62. The van der Waals surface area contributed by atoms with E-state index in [1.165, 1.54) is 23.5 Å². The molecule has 0 unspecified atom stereocenters. The van der Waals surface area contributed by atoms with E-state index in [9.17, 15) is 9.18 Å². The highest BCUT2D eigenvalue weighted by Crippen LogP contribution is 2.25. The first kappa shape index (κ1) is 20.0. The number of aromatic nitrogens is 3. The van der Waals surface area contributed by atoms with Gasteiger partial charge in [0.1, 0.15) is 6.33 Å². The van der Waals surface area contributed by atoms with Gasteiger partial charge >= 0.3 is 6.03 Å². The lowest BCUT2D eigenvalue weighted by Crippen LogP contribution is -2.31. The largest absolute Gasteiger partial charge is 0.381 e. The van der Waals surface area contributed by atoms with Crippen LogP contribution in [0, 0.1) is 5.95 Å². The number of urea groups is 1. The van der Waals surface area contributed by atoms with Gasteiger partial charge in [-0.2, -0.15) is 4.39 Å². The number of para-hydroxylation sites is 1. The summed E-state index contributed by atoms with van der Waals surface area (Å²) >= 11 is 0. The Bertz CT molecular complexity index is 1080. The Morgan fingerprint density at radius 2 is 1.55 bits per heavy atom. The van der Waals surface area contributed by atoms with Crippen LogP contribution in [0.1, 0.15) is 5.56 Å². The monoisotopic (exact) mass is 414 g/mol. The molecule has 0 atom stereocenters. The predicted molar refractivity (Wildman–Crippen MR) is 118 cm³/mol. The summed E-state index contributed by atoms with van der Waals surface area (Å²) in [7, 11) is 0. The van der Waals surface area contributed by atoms with Crippen LogP contribution >= 0.6 is 0 Å². The summed E-state index contributed by atoms with van der Waals surface area (Å²) in [4.78, 5) is 26.2. The van der Waals surface area contributed by atoms with E-state index >= 15 is 0 Å². The van der Waals surface area contributed by atoms with Crippen molar-refractivity contribution in [1.82, 2.24) is 15.0 Å². The maximum absolute atomic E-state index is 13.0. The van der Waals surface area contributed by atoms with Gasteiger partial charge in [0.15, 0.2) is 0 Å². The number of hydrogen-bond acceptors (Lipinski definition) is 5. The molecule has 2 aromatic heterocycles. The van der Waals surface area contributed by atoms with Crippen molar-refractivity contribution in [2.24, 2.45) is 0 Å². The molecule has 154 valence electrons. The second-order valence-electron chi connectivity index (χ2n) is 6.62. The highest BCUT2D eigenvalue weighted by atomic mass is 19.1. The summed E-state index contributed by atoms with van der Waals surface area (Å²) in [5.74, 6) is -0.504. The van der Waals surface area contributed by atoms with Gasteiger partial charge in [-0.15, -0.1) is 0 Å². The Hall–Kier alpha value is -4.33. The Balaban J connectivity index is 1.44. The molecule has 0 bridgehead atoms. The maximum atomic E-state index is 13.0. The molecule has 0 radical (unpaired) electrons. The number of anilines is 4. The van der Waals surface area contributed by atoms with Crippen molar-refractivity contribution < 1.29 is 9.18 Å². The third-order valence-electron chi connectivity index (χ3n) is 4.44. The second kappa shape index (κ2) is 9.45. The first-order valence-electron chi connectivity index (χ1n) is 9.54. The highest BCUT2D eigenvalue weighted by molar-refractivity contribution is 6.06. The number of benzene rings is 2. The quantitative estimate of drug-likeness (QED) is 0.434. The fraction of sp³-hybridized carbons (Fsp3) is 0.0435. The minimum Gasteiger partial charge on any atom is -0.381 e. The predicted octanol–water partition coefficient (Wildman–Crippen LogP) is 4.99. The molecule has 0 fully saturated rings. The number of amides is 2. The number of rotatable bonds is 6. The molecule has 0 saturated carbocycles. The number of carbonyl (C=O) groups excluding carboxylic acids is 1. The van der Waals surface area contributed by atoms with Crippen molar-refractivity contribution in [1.29, 1.82) is 0 Å². The lowest BCUT2D eigenvalue weighted by molar-refractivity contribution is 0.259. The van der Waals surface area contributed by atoms with Gasteiger partial charge in [-0.1, -0.05) is 24.3 Å². The number of pyridine rings is 1. The van der Waals surface area contributed by atoms with Crippen LogP contribution in [0.15, 0.2) is 91.6 Å². The van der Waals surface area contributed by atoms with E-state index in [0.717, 1.165) is 11.3 Å². The van der Waals surface area contributed by atoms with Crippen molar-refractivity contribution in [3.05, 3.63) is 103 Å². The molecule has 0 spiro atoms. The highest BCUT2D eigenvalue weighted by Gasteiger charge is 2.18. The summed E-state index contributed by atoms with van der Waals surface area (Å²) in [6.45, 7) is 0.509. The molecule has 0 aliphatic rings. The molecular weight excluding hydrogens is 395 g/mol. The van der Waals surface area contributed by atoms with Gasteiger partial charge in [0.2, 0.25) is 5.95 Å². The van der Waals surface area contributed by atoms with E-state index in [0.29, 0.717) is 23.6 Å². The molecule has 4 aromatic rings. The Kier molecular flexibility index (Phi) is 6.08. The van der Waals surface area contributed by atoms with E-state index in [1.54, 1.807) is 30.6 Å². The zero-order chi connectivity index (χ0) is 21.5. The summed E-state index contributed by atoms with van der Waals surface area (Å²) < 4.78 is 12.9. The van der Waals surface area contributed by atoms with Crippen molar-refractivity contribution in [3.8, 4) is 0 Å². The zero-order valence-corrected chi connectivity index (χ0v) is 16.4. The molecule has 7 nitrogen and oxygen atoms in total. The lowest BCUT2D eigenvalue weighted by Gasteiger charge is -2.22. The van der Waals surface area contributed by atoms with Gasteiger partial charge in [-0.3, -0.25) is 4.90 Å². The van der Waals surface area contributed by atoms with Crippen LogP contribution in [-0.4, -0.2) is 21.0 Å². The third kappa shape index (κ3) is 5.18. The van der Waals surface area contributed by atoms with Crippen LogP contribution in [0.5, 0.6) is 0 Å². The Labute approximate surface area is 178 Å². The molecule has 2 amide bonds. The van der Waals surface area contributed by atoms with E-state index in [1.807, 2.05) is 42.5 Å². The van der Waals surface area contributed by atoms with E-state index in [2.05, 4.69) is 25.6 Å². The summed E-state index contributed by atoms with van der Waals surface area (Å²) in [5, 5.41) is 6.13. The van der Waals surface area contributed by atoms with Crippen LogP contribution in [0.4, 0.5) is 31.9 Å². The van der Waals surface area contributed by atoms with Gasteiger partial charge in [-0.25, -0.2) is 19.7 Å². The third-order valence-corrected chi connectivity index (χ3v) is 4.44. The summed E-state index contributed by atoms with van der Waals surface area (Å²) in [6.07, 6.45) is 6.06. The SMILES string of the molecule is O=C(Nc1ccc(NCc2ccc(F)nc2)cc1)N(c1ccccc1)c1cncnc1. The number of nitrogens with zero attached hydrogens (tertiary/aromatic N) is 4. The van der Waals surface area contributed by atoms with Crippen molar-refractivity contribution >= 4 is 28.8 Å². The number of nitrogens with one attached hydrogen (secondary N) is 2. The van der Waals surface area contributed by atoms with Gasteiger partial charge in [0.05, 0.1) is 23.8 Å². The van der Waals surface area contributed by atoms with Crippen LogP contribution in [-0.2, 0) is 6.54 Å². The Morgan fingerprint density at radius 3 is 2.23 bits per heavy atom. The van der Waals surface area contributed by atoms with Crippen LogP contribution in [0.25, 0.3) is 0 Å². The van der Waals surface area contributed by atoms with Crippen LogP contribution < -0.4 is 15.5 Å². The van der Waals surface area contributed by atoms with Gasteiger partial charge < -0.3 is 10.6 Å². The minimum absolute atomic E-state index is 0.334. The summed E-state index contributed by atoms with van der Waals surface area (Å²) in [5.41, 5.74) is 3.61. The fourth-order valence-electron chi connectivity index (χ4n) is 2.93. The van der Waals surface area contributed by atoms with Gasteiger partial charge in [-0.05, 0) is 48.0 Å². The van der Waals surface area contributed by atoms with Gasteiger partial charge in [0.25, 0.3) is 0 Å². The van der Waals surface area contributed by atoms with Crippen LogP contribution in [0.2, 0.25) is 0 Å². The molecule has 0 saturated heterocycles. The maximum Gasteiger partial charge on any atom is 0.331 e. The molecule has 2 heterocycles. The smallest absolute Gasteiger partial charge is 0.331 e. The molecule has 0 aliphatic heterocycles. The number of carbonyl (C=O) groups is 1. The van der Waals surface area contributed by atoms with E-state index < -0.39 is 5.95 Å². The fourth-order valence-corrected chi connectivity index (χ4v) is 2.93. The van der Waals surface area contributed by atoms with Crippen molar-refractivity contribution in [3.63, 3.8) is 0 Å². The first-order chi connectivity index (χ1) is 15.2. The average molecular weight is 414 g/mol. The average Bonchev–Trinajstić information content (AvgIpc) is 2.81. The Morgan fingerprint density at radius 1 is 0.839 bits per heavy atom. The topological polar surface area (TPSA) is 83.0 Å². The van der Waals surface area contributed by atoms with E-state index in [4.69, 9.17) is 0 Å².